The quantitative estimate of drug-likeness (QED) is 0.841. The van der Waals surface area contributed by atoms with Crippen LogP contribution in [0.3, 0.4) is 0 Å². The monoisotopic (exact) mass is 370 g/mol. The van der Waals surface area contributed by atoms with Gasteiger partial charge in [-0.25, -0.2) is 24.9 Å². The number of nitrogens with zero attached hydrogens (tertiary/aromatic N) is 7. The molecule has 1 fully saturated rings. The number of fused-ring (bicyclic) bond motifs is 2. The SMILES string of the molecule is CC1C=C2N(CCN(C(=O)c3ncc4cnn(C(C)C)c4n3)C(=O)N2C)N1. The van der Waals surface area contributed by atoms with E-state index in [1.165, 1.54) is 9.80 Å². The molecule has 2 aliphatic heterocycles. The van der Waals surface area contributed by atoms with Gasteiger partial charge in [-0.05, 0) is 26.8 Å². The van der Waals surface area contributed by atoms with Gasteiger partial charge in [0.25, 0.3) is 5.91 Å². The molecule has 10 heteroatoms. The van der Waals surface area contributed by atoms with E-state index in [1.807, 2.05) is 31.9 Å². The summed E-state index contributed by atoms with van der Waals surface area (Å²) in [5, 5.41) is 6.92. The lowest BCUT2D eigenvalue weighted by Gasteiger charge is -2.24. The molecular formula is C17H22N8O2. The zero-order chi connectivity index (χ0) is 19.3. The number of urea groups is 1. The Balaban J connectivity index is 1.66. The summed E-state index contributed by atoms with van der Waals surface area (Å²) in [6.45, 7) is 6.70. The maximum Gasteiger partial charge on any atom is 0.332 e. The first kappa shape index (κ1) is 17.4. The van der Waals surface area contributed by atoms with E-state index in [2.05, 4.69) is 20.5 Å². The van der Waals surface area contributed by atoms with Gasteiger partial charge in [-0.3, -0.25) is 19.6 Å². The molecule has 2 aromatic heterocycles. The second kappa shape index (κ2) is 6.31. The van der Waals surface area contributed by atoms with Crippen molar-refractivity contribution < 1.29 is 9.59 Å². The van der Waals surface area contributed by atoms with Crippen LogP contribution in [0, 0.1) is 0 Å². The van der Waals surface area contributed by atoms with Crippen LogP contribution in [0.1, 0.15) is 37.4 Å². The summed E-state index contributed by atoms with van der Waals surface area (Å²) in [4.78, 5) is 37.1. The molecule has 27 heavy (non-hydrogen) atoms. The van der Waals surface area contributed by atoms with Gasteiger partial charge >= 0.3 is 6.03 Å². The van der Waals surface area contributed by atoms with Crippen molar-refractivity contribution in [3.63, 3.8) is 0 Å². The molecule has 0 aromatic carbocycles. The van der Waals surface area contributed by atoms with E-state index in [-0.39, 0.29) is 24.5 Å². The predicted molar refractivity (Wildman–Crippen MR) is 97.3 cm³/mol. The van der Waals surface area contributed by atoms with Gasteiger partial charge < -0.3 is 0 Å². The Bertz CT molecular complexity index is 950. The summed E-state index contributed by atoms with van der Waals surface area (Å²) in [7, 11) is 1.66. The van der Waals surface area contributed by atoms with Gasteiger partial charge in [0, 0.05) is 25.3 Å². The van der Waals surface area contributed by atoms with Crippen LogP contribution in [0.2, 0.25) is 0 Å². The van der Waals surface area contributed by atoms with Crippen molar-refractivity contribution in [3.8, 4) is 0 Å². The van der Waals surface area contributed by atoms with Gasteiger partial charge in [0.2, 0.25) is 5.82 Å². The predicted octanol–water partition coefficient (Wildman–Crippen LogP) is 0.965. The fourth-order valence-electron chi connectivity index (χ4n) is 3.34. The minimum absolute atomic E-state index is 0.0102. The highest BCUT2D eigenvalue weighted by Gasteiger charge is 2.36. The Hall–Kier alpha value is -3.01. The second-order valence-electron chi connectivity index (χ2n) is 7.05. The Morgan fingerprint density at radius 2 is 2.07 bits per heavy atom. The number of amides is 3. The van der Waals surface area contributed by atoms with Crippen LogP contribution in [0.5, 0.6) is 0 Å². The molecule has 1 N–H and O–H groups in total. The smallest absolute Gasteiger partial charge is 0.291 e. The van der Waals surface area contributed by atoms with Gasteiger partial charge in [-0.1, -0.05) is 0 Å². The Labute approximate surface area is 156 Å². The molecule has 1 atom stereocenters. The molecule has 0 spiro atoms. The summed E-state index contributed by atoms with van der Waals surface area (Å²) < 4.78 is 1.73. The number of aromatic nitrogens is 4. The van der Waals surface area contributed by atoms with Crippen LogP contribution in [-0.2, 0) is 0 Å². The largest absolute Gasteiger partial charge is 0.332 e. The van der Waals surface area contributed by atoms with Crippen LogP contribution in [-0.4, -0.2) is 72.7 Å². The fraction of sp³-hybridized carbons (Fsp3) is 0.471. The Morgan fingerprint density at radius 1 is 1.30 bits per heavy atom. The number of nitrogens with one attached hydrogen (secondary N) is 1. The molecule has 1 unspecified atom stereocenters. The van der Waals surface area contributed by atoms with E-state index in [9.17, 15) is 9.59 Å². The van der Waals surface area contributed by atoms with E-state index in [0.717, 1.165) is 11.2 Å². The third-order valence-electron chi connectivity index (χ3n) is 4.70. The van der Waals surface area contributed by atoms with Gasteiger partial charge in [0.15, 0.2) is 5.65 Å². The maximum absolute atomic E-state index is 13.0. The lowest BCUT2D eigenvalue weighted by molar-refractivity contribution is 0.0776. The van der Waals surface area contributed by atoms with Crippen LogP contribution in [0.25, 0.3) is 11.0 Å². The van der Waals surface area contributed by atoms with E-state index < -0.39 is 11.9 Å². The first-order valence-corrected chi connectivity index (χ1v) is 8.92. The number of carbonyl (C=O) groups excluding carboxylic acids is 2. The molecule has 0 bridgehead atoms. The minimum atomic E-state index is -0.514. The Kier molecular flexibility index (Phi) is 4.06. The molecule has 4 heterocycles. The molecule has 1 saturated heterocycles. The fourth-order valence-corrected chi connectivity index (χ4v) is 3.34. The molecule has 10 nitrogen and oxygen atoms in total. The number of hydrogen-bond donors (Lipinski definition) is 1. The van der Waals surface area contributed by atoms with Crippen molar-refractivity contribution >= 4 is 23.0 Å². The van der Waals surface area contributed by atoms with E-state index in [0.29, 0.717) is 12.2 Å². The molecule has 142 valence electrons. The summed E-state index contributed by atoms with van der Waals surface area (Å²) in [5.74, 6) is 0.223. The standard InChI is InChI=1S/C17H22N8O2/c1-10(2)25-15-12(9-19-25)8-18-14(20-15)16(26)23-5-6-24-13(7-11(3)21-24)22(4)17(23)27/h7-11,21H,5-6H2,1-4H3. The van der Waals surface area contributed by atoms with Crippen molar-refractivity contribution in [1.82, 2.24) is 40.0 Å². The topological polar surface area (TPSA) is 99.5 Å². The van der Waals surface area contributed by atoms with E-state index in [4.69, 9.17) is 0 Å². The number of carbonyl (C=O) groups is 2. The van der Waals surface area contributed by atoms with Gasteiger partial charge in [0.1, 0.15) is 5.82 Å². The van der Waals surface area contributed by atoms with Crippen molar-refractivity contribution in [3.05, 3.63) is 30.1 Å². The van der Waals surface area contributed by atoms with Gasteiger partial charge in [-0.15, -0.1) is 0 Å². The van der Waals surface area contributed by atoms with Crippen molar-refractivity contribution in [1.29, 1.82) is 0 Å². The lowest BCUT2D eigenvalue weighted by atomic mass is 10.3. The second-order valence-corrected chi connectivity index (χ2v) is 7.05. The number of rotatable bonds is 2. The third kappa shape index (κ3) is 2.81. The van der Waals surface area contributed by atoms with Crippen LogP contribution in [0.4, 0.5) is 4.79 Å². The molecule has 2 aliphatic rings. The summed E-state index contributed by atoms with van der Waals surface area (Å²) in [5.41, 5.74) is 3.83. The molecule has 0 radical (unpaired) electrons. The van der Waals surface area contributed by atoms with Crippen molar-refractivity contribution in [2.75, 3.05) is 20.1 Å². The van der Waals surface area contributed by atoms with Crippen molar-refractivity contribution in [2.45, 2.75) is 32.9 Å². The van der Waals surface area contributed by atoms with Crippen LogP contribution in [0.15, 0.2) is 24.3 Å². The lowest BCUT2D eigenvalue weighted by Crippen LogP contribution is -2.44. The number of imide groups is 1. The van der Waals surface area contributed by atoms with E-state index in [1.54, 1.807) is 24.1 Å². The average molecular weight is 370 g/mol. The highest BCUT2D eigenvalue weighted by molar-refractivity contribution is 6.03. The molecule has 0 saturated carbocycles. The average Bonchev–Trinajstić information content (AvgIpc) is 3.20. The van der Waals surface area contributed by atoms with Gasteiger partial charge in [-0.2, -0.15) is 5.10 Å². The number of hydrazine groups is 1. The summed E-state index contributed by atoms with van der Waals surface area (Å²) in [6.07, 6.45) is 5.19. The zero-order valence-corrected chi connectivity index (χ0v) is 15.7. The maximum atomic E-state index is 13.0. The first-order valence-electron chi connectivity index (χ1n) is 8.92. The molecule has 2 aromatic rings. The van der Waals surface area contributed by atoms with Crippen LogP contribution < -0.4 is 5.43 Å². The zero-order valence-electron chi connectivity index (χ0n) is 15.7. The van der Waals surface area contributed by atoms with E-state index >= 15 is 0 Å². The molecular weight excluding hydrogens is 348 g/mol. The molecule has 0 aliphatic carbocycles. The summed E-state index contributed by atoms with van der Waals surface area (Å²) in [6, 6.07) is -0.163. The van der Waals surface area contributed by atoms with Gasteiger partial charge in [0.05, 0.1) is 24.7 Å². The first-order chi connectivity index (χ1) is 12.9. The minimum Gasteiger partial charge on any atom is -0.291 e. The third-order valence-corrected chi connectivity index (χ3v) is 4.70. The molecule has 4 rings (SSSR count). The summed E-state index contributed by atoms with van der Waals surface area (Å²) >= 11 is 0. The number of hydrogen-bond acceptors (Lipinski definition) is 7. The molecule has 3 amide bonds. The van der Waals surface area contributed by atoms with Crippen molar-refractivity contribution in [2.24, 2.45) is 0 Å². The van der Waals surface area contributed by atoms with Crippen LogP contribution >= 0.6 is 0 Å². The highest BCUT2D eigenvalue weighted by Crippen LogP contribution is 2.21. The highest BCUT2D eigenvalue weighted by atomic mass is 16.2. The normalized spacial score (nSPS) is 20.3. The Morgan fingerprint density at radius 3 is 2.81 bits per heavy atom.